The summed E-state index contributed by atoms with van der Waals surface area (Å²) in [6.45, 7) is 2.64. The van der Waals surface area contributed by atoms with E-state index in [0.29, 0.717) is 11.3 Å². The molecule has 3 unspecified atom stereocenters. The first-order valence-corrected chi connectivity index (χ1v) is 11.9. The highest BCUT2D eigenvalue weighted by molar-refractivity contribution is 7.87. The number of ether oxygens (including phenoxy) is 1. The molecule has 2 aromatic carbocycles. The van der Waals surface area contributed by atoms with Crippen LogP contribution in [0.2, 0.25) is 0 Å². The summed E-state index contributed by atoms with van der Waals surface area (Å²) < 4.78 is 17.4. The van der Waals surface area contributed by atoms with Gasteiger partial charge < -0.3 is 20.1 Å². The zero-order chi connectivity index (χ0) is 25.5. The van der Waals surface area contributed by atoms with E-state index in [4.69, 9.17) is 4.74 Å². The fourth-order valence-corrected chi connectivity index (χ4v) is 6.73. The minimum atomic E-state index is -1.88. The molecule has 184 valence electrons. The van der Waals surface area contributed by atoms with Crippen LogP contribution >= 0.6 is 0 Å². The molecule has 0 radical (unpaired) electrons. The van der Waals surface area contributed by atoms with Gasteiger partial charge in [0.2, 0.25) is 5.91 Å². The number of amides is 2. The average Bonchev–Trinajstić information content (AvgIpc) is 2.98. The lowest BCUT2D eigenvalue weighted by Gasteiger charge is -2.49. The monoisotopic (exact) mass is 501 g/mol. The highest BCUT2D eigenvalue weighted by Crippen LogP contribution is 2.52. The Balaban J connectivity index is 1.56. The number of nitro benzene ring substituents is 1. The summed E-state index contributed by atoms with van der Waals surface area (Å²) in [5, 5.41) is 22.7. The minimum Gasteiger partial charge on any atom is -0.484 e. The van der Waals surface area contributed by atoms with E-state index < -0.39 is 55.2 Å². The number of hydrogen-bond donors (Lipinski definition) is 2. The molecule has 2 amide bonds. The molecular weight excluding hydrogens is 478 g/mol. The number of benzene rings is 2. The van der Waals surface area contributed by atoms with Gasteiger partial charge in [0.1, 0.15) is 17.2 Å². The molecule has 11 nitrogen and oxygen atoms in total. The van der Waals surface area contributed by atoms with Crippen molar-refractivity contribution in [2.24, 2.45) is 0 Å². The standard InChI is InChI=1S/C23H23N3O8S/c1-22(2)23(21(29)30,12-14-8-10-15(11-9-14)26(31)32)25-19(28)18(20(25)35(22)33)24-17(27)13-34-16-6-4-3-5-7-16/h3-11,18,20H,12-13H2,1-2H3,(H,24,27)(H,29,30)/t18?,20-,23?,35?/m1/s1. The first kappa shape index (κ1) is 24.3. The molecule has 2 aliphatic rings. The minimum absolute atomic E-state index is 0.161. The molecule has 12 heteroatoms. The number of nitro groups is 1. The number of rotatable bonds is 8. The van der Waals surface area contributed by atoms with Gasteiger partial charge in [-0.05, 0) is 31.5 Å². The lowest BCUT2D eigenvalue weighted by atomic mass is 9.76. The second kappa shape index (κ2) is 8.77. The summed E-state index contributed by atoms with van der Waals surface area (Å²) in [4.78, 5) is 49.6. The number of para-hydroxylation sites is 1. The molecule has 35 heavy (non-hydrogen) atoms. The van der Waals surface area contributed by atoms with Crippen molar-refractivity contribution >= 4 is 34.3 Å². The van der Waals surface area contributed by atoms with Crippen molar-refractivity contribution in [3.63, 3.8) is 0 Å². The molecule has 0 bridgehead atoms. The second-order valence-corrected chi connectivity index (χ2v) is 10.9. The SMILES string of the molecule is CC1(C)S(=O)[C@@H]2C(NC(=O)COc3ccccc3)C(=O)N2C1(Cc1ccc([N+](=O)[O-])cc1)C(=O)O. The summed E-state index contributed by atoms with van der Waals surface area (Å²) in [5.74, 6) is -2.15. The number of carboxylic acid groups (broad SMARTS) is 1. The van der Waals surface area contributed by atoms with Crippen LogP contribution < -0.4 is 10.1 Å². The van der Waals surface area contributed by atoms with Crippen LogP contribution in [0.5, 0.6) is 5.75 Å². The van der Waals surface area contributed by atoms with E-state index in [1.165, 1.54) is 38.1 Å². The van der Waals surface area contributed by atoms with Gasteiger partial charge in [-0.25, -0.2) is 4.79 Å². The van der Waals surface area contributed by atoms with Gasteiger partial charge in [-0.2, -0.15) is 0 Å². The number of hydrogen-bond acceptors (Lipinski definition) is 7. The van der Waals surface area contributed by atoms with Crippen LogP contribution in [0.15, 0.2) is 54.6 Å². The maximum absolute atomic E-state index is 13.4. The maximum atomic E-state index is 13.4. The van der Waals surface area contributed by atoms with Gasteiger partial charge in [-0.1, -0.05) is 30.3 Å². The van der Waals surface area contributed by atoms with E-state index in [1.54, 1.807) is 30.3 Å². The van der Waals surface area contributed by atoms with Gasteiger partial charge in [0.05, 0.1) is 20.5 Å². The Labute approximate surface area is 202 Å². The Kier molecular flexibility index (Phi) is 6.09. The van der Waals surface area contributed by atoms with Gasteiger partial charge in [0, 0.05) is 18.6 Å². The average molecular weight is 502 g/mol. The van der Waals surface area contributed by atoms with Crippen LogP contribution in [0.1, 0.15) is 19.4 Å². The summed E-state index contributed by atoms with van der Waals surface area (Å²) in [6.07, 6.45) is -0.209. The van der Waals surface area contributed by atoms with E-state index in [2.05, 4.69) is 5.32 Å². The van der Waals surface area contributed by atoms with E-state index in [1.807, 2.05) is 0 Å². The van der Waals surface area contributed by atoms with E-state index in [0.717, 1.165) is 4.90 Å². The van der Waals surface area contributed by atoms with Crippen molar-refractivity contribution in [1.82, 2.24) is 10.2 Å². The fourth-order valence-electron chi connectivity index (χ4n) is 4.63. The number of aliphatic carboxylic acids is 1. The molecule has 2 N–H and O–H groups in total. The summed E-state index contributed by atoms with van der Waals surface area (Å²) in [7, 11) is -1.84. The topological polar surface area (TPSA) is 156 Å². The lowest BCUT2D eigenvalue weighted by Crippen LogP contribution is -2.76. The van der Waals surface area contributed by atoms with E-state index in [-0.39, 0.29) is 18.7 Å². The quantitative estimate of drug-likeness (QED) is 0.311. The van der Waals surface area contributed by atoms with E-state index >= 15 is 0 Å². The molecule has 4 rings (SSSR count). The Morgan fingerprint density at radius 3 is 2.37 bits per heavy atom. The van der Waals surface area contributed by atoms with Crippen LogP contribution in [-0.2, 0) is 31.6 Å². The van der Waals surface area contributed by atoms with Crippen LogP contribution in [-0.4, -0.2) is 65.2 Å². The number of fused-ring (bicyclic) bond motifs is 1. The Morgan fingerprint density at radius 2 is 1.80 bits per heavy atom. The first-order valence-electron chi connectivity index (χ1n) is 10.7. The molecule has 2 fully saturated rings. The highest BCUT2D eigenvalue weighted by atomic mass is 32.2. The van der Waals surface area contributed by atoms with Gasteiger partial charge in [-0.15, -0.1) is 0 Å². The molecule has 0 aromatic heterocycles. The van der Waals surface area contributed by atoms with Crippen LogP contribution in [0.25, 0.3) is 0 Å². The van der Waals surface area contributed by atoms with Crippen LogP contribution in [0, 0.1) is 10.1 Å². The predicted octanol–water partition coefficient (Wildman–Crippen LogP) is 1.23. The second-order valence-electron chi connectivity index (χ2n) is 8.82. The predicted molar refractivity (Wildman–Crippen MR) is 124 cm³/mol. The summed E-state index contributed by atoms with van der Waals surface area (Å²) >= 11 is 0. The molecule has 2 aliphatic heterocycles. The van der Waals surface area contributed by atoms with Gasteiger partial charge in [-0.3, -0.25) is 23.9 Å². The lowest BCUT2D eigenvalue weighted by molar-refractivity contribution is -0.384. The van der Waals surface area contributed by atoms with Crippen molar-refractivity contribution in [1.29, 1.82) is 0 Å². The molecule has 2 aromatic rings. The molecular formula is C23H23N3O8S. The molecule has 0 aliphatic carbocycles. The third kappa shape index (κ3) is 3.83. The zero-order valence-electron chi connectivity index (χ0n) is 18.9. The van der Waals surface area contributed by atoms with Crippen molar-refractivity contribution in [3.05, 3.63) is 70.3 Å². The summed E-state index contributed by atoms with van der Waals surface area (Å²) in [6, 6.07) is 12.8. The van der Waals surface area contributed by atoms with Crippen molar-refractivity contribution < 1.29 is 33.4 Å². The maximum Gasteiger partial charge on any atom is 0.331 e. The number of carbonyl (C=O) groups is 3. The van der Waals surface area contributed by atoms with Crippen molar-refractivity contribution in [3.8, 4) is 5.75 Å². The molecule has 2 heterocycles. The number of nitrogens with zero attached hydrogens (tertiary/aromatic N) is 2. The van der Waals surface area contributed by atoms with Gasteiger partial charge in [0.15, 0.2) is 12.1 Å². The number of carbonyl (C=O) groups excluding carboxylic acids is 2. The fraction of sp³-hybridized carbons (Fsp3) is 0.348. The largest absolute Gasteiger partial charge is 0.484 e. The van der Waals surface area contributed by atoms with Crippen molar-refractivity contribution in [2.75, 3.05) is 6.61 Å². The molecule has 0 spiro atoms. The van der Waals surface area contributed by atoms with Crippen molar-refractivity contribution in [2.45, 2.75) is 42.0 Å². The normalized spacial score (nSPS) is 26.4. The van der Waals surface area contributed by atoms with Crippen LogP contribution in [0.4, 0.5) is 5.69 Å². The zero-order valence-corrected chi connectivity index (χ0v) is 19.7. The molecule has 0 saturated carbocycles. The molecule has 4 atom stereocenters. The summed E-state index contributed by atoms with van der Waals surface area (Å²) in [5.41, 5.74) is -1.61. The number of carboxylic acids is 1. The molecule has 2 saturated heterocycles. The Bertz CT molecular complexity index is 1220. The third-order valence-corrected chi connectivity index (χ3v) is 8.83. The Morgan fingerprint density at radius 1 is 1.17 bits per heavy atom. The number of β-lactam (4-membered cyclic amide) rings is 1. The van der Waals surface area contributed by atoms with Crippen LogP contribution in [0.3, 0.4) is 0 Å². The first-order chi connectivity index (χ1) is 16.5. The number of non-ortho nitro benzene ring substituents is 1. The smallest absolute Gasteiger partial charge is 0.331 e. The van der Waals surface area contributed by atoms with E-state index in [9.17, 15) is 33.8 Å². The highest BCUT2D eigenvalue weighted by Gasteiger charge is 2.76. The third-order valence-electron chi connectivity index (χ3n) is 6.56. The van der Waals surface area contributed by atoms with Gasteiger partial charge >= 0.3 is 5.97 Å². The van der Waals surface area contributed by atoms with Gasteiger partial charge in [0.25, 0.3) is 11.6 Å². The number of nitrogens with one attached hydrogen (secondary N) is 1. The Hall–Kier alpha value is -3.80.